The maximum Gasteiger partial charge on any atom is 0.162 e. The lowest BCUT2D eigenvalue weighted by Crippen LogP contribution is -1.98. The Hall–Kier alpha value is -1.35. The van der Waals surface area contributed by atoms with Gasteiger partial charge < -0.3 is 4.98 Å². The second kappa shape index (κ2) is 4.45. The van der Waals surface area contributed by atoms with Gasteiger partial charge in [0.1, 0.15) is 0 Å². The third kappa shape index (κ3) is 2.18. The van der Waals surface area contributed by atoms with Crippen LogP contribution in [0.1, 0.15) is 23.2 Å². The van der Waals surface area contributed by atoms with Crippen LogP contribution in [0.25, 0.3) is 11.0 Å². The first-order valence-corrected chi connectivity index (χ1v) is 5.37. The van der Waals surface area contributed by atoms with Crippen LogP contribution in [0, 0.1) is 0 Å². The lowest BCUT2D eigenvalue weighted by Gasteiger charge is -1.99. The smallest absolute Gasteiger partial charge is 0.162 e. The summed E-state index contributed by atoms with van der Waals surface area (Å²) in [5.41, 5.74) is 2.49. The third-order valence-electron chi connectivity index (χ3n) is 2.28. The molecule has 3 nitrogen and oxygen atoms in total. The van der Waals surface area contributed by atoms with Crippen LogP contribution in [0.3, 0.4) is 0 Å². The van der Waals surface area contributed by atoms with E-state index in [1.54, 1.807) is 12.4 Å². The molecule has 2 rings (SSSR count). The Labute approximate surface area is 92.5 Å². The molecule has 1 aromatic carbocycles. The number of ketones is 1. The number of carbonyl (C=O) groups excluding carboxylic acids is 1. The fourth-order valence-electron chi connectivity index (χ4n) is 1.48. The Bertz CT molecular complexity index is 478. The van der Waals surface area contributed by atoms with Crippen LogP contribution in [0.4, 0.5) is 0 Å². The second-order valence-electron chi connectivity index (χ2n) is 3.35. The Morgan fingerprint density at radius 1 is 1.47 bits per heavy atom. The van der Waals surface area contributed by atoms with Gasteiger partial charge >= 0.3 is 0 Å². The minimum Gasteiger partial charge on any atom is -0.345 e. The molecule has 78 valence electrons. The predicted molar refractivity (Wildman–Crippen MR) is 60.4 cm³/mol. The molecular weight excluding hydrogens is 212 g/mol. The number of aromatic amines is 1. The lowest BCUT2D eigenvalue weighted by molar-refractivity contribution is 0.0982. The van der Waals surface area contributed by atoms with E-state index < -0.39 is 0 Å². The molecule has 0 amide bonds. The molecule has 0 radical (unpaired) electrons. The van der Waals surface area contributed by atoms with Crippen LogP contribution in [0.5, 0.6) is 0 Å². The van der Waals surface area contributed by atoms with E-state index in [1.165, 1.54) is 0 Å². The molecule has 0 unspecified atom stereocenters. The summed E-state index contributed by atoms with van der Waals surface area (Å²) in [5.74, 6) is 0.657. The molecule has 0 aliphatic rings. The molecule has 0 saturated carbocycles. The van der Waals surface area contributed by atoms with E-state index >= 15 is 0 Å². The van der Waals surface area contributed by atoms with Crippen LogP contribution in [-0.4, -0.2) is 21.6 Å². The molecule has 1 heterocycles. The van der Waals surface area contributed by atoms with Crippen molar-refractivity contribution in [1.82, 2.24) is 9.97 Å². The van der Waals surface area contributed by atoms with Crippen LogP contribution >= 0.6 is 11.6 Å². The van der Waals surface area contributed by atoms with Crippen LogP contribution in [0.2, 0.25) is 0 Å². The van der Waals surface area contributed by atoms with E-state index in [0.717, 1.165) is 23.0 Å². The van der Waals surface area contributed by atoms with Crippen molar-refractivity contribution in [2.45, 2.75) is 12.8 Å². The standard InChI is InChI=1S/C11H11ClN2O/c12-5-1-2-11(15)8-3-4-9-10(6-8)14-7-13-9/h3-4,6-7H,1-2,5H2,(H,13,14). The number of alkyl halides is 1. The molecular formula is C11H11ClN2O. The number of halogens is 1. The average Bonchev–Trinajstić information content (AvgIpc) is 2.72. The second-order valence-corrected chi connectivity index (χ2v) is 3.73. The van der Waals surface area contributed by atoms with Crippen molar-refractivity contribution in [1.29, 1.82) is 0 Å². The summed E-state index contributed by atoms with van der Waals surface area (Å²) < 4.78 is 0. The first-order chi connectivity index (χ1) is 7.31. The van der Waals surface area contributed by atoms with Crippen molar-refractivity contribution in [2.24, 2.45) is 0 Å². The van der Waals surface area contributed by atoms with Gasteiger partial charge in [-0.2, -0.15) is 0 Å². The van der Waals surface area contributed by atoms with Crippen molar-refractivity contribution >= 4 is 28.4 Å². The number of fused-ring (bicyclic) bond motifs is 1. The Kier molecular flexibility index (Phi) is 3.02. The van der Waals surface area contributed by atoms with Crippen molar-refractivity contribution < 1.29 is 4.79 Å². The number of rotatable bonds is 4. The van der Waals surface area contributed by atoms with Gasteiger partial charge in [-0.3, -0.25) is 4.79 Å². The monoisotopic (exact) mass is 222 g/mol. The fraction of sp³-hybridized carbons (Fsp3) is 0.273. The molecule has 0 spiro atoms. The molecule has 0 bridgehead atoms. The van der Waals surface area contributed by atoms with Crippen LogP contribution < -0.4 is 0 Å². The number of hydrogen-bond acceptors (Lipinski definition) is 2. The maximum atomic E-state index is 11.7. The van der Waals surface area contributed by atoms with Gasteiger partial charge in [0.25, 0.3) is 0 Å². The van der Waals surface area contributed by atoms with E-state index in [9.17, 15) is 4.79 Å². The zero-order valence-electron chi connectivity index (χ0n) is 8.16. The van der Waals surface area contributed by atoms with Gasteiger partial charge in [0.2, 0.25) is 0 Å². The van der Waals surface area contributed by atoms with Gasteiger partial charge in [0.15, 0.2) is 5.78 Å². The highest BCUT2D eigenvalue weighted by Crippen LogP contribution is 2.13. The summed E-state index contributed by atoms with van der Waals surface area (Å²) in [6.07, 6.45) is 2.85. The molecule has 0 saturated heterocycles. The first-order valence-electron chi connectivity index (χ1n) is 4.83. The Morgan fingerprint density at radius 3 is 3.13 bits per heavy atom. The minimum atomic E-state index is 0.132. The molecule has 2 aromatic rings. The van der Waals surface area contributed by atoms with Gasteiger partial charge in [-0.1, -0.05) is 0 Å². The quantitative estimate of drug-likeness (QED) is 0.639. The number of hydrogen-bond donors (Lipinski definition) is 1. The van der Waals surface area contributed by atoms with Gasteiger partial charge in [0.05, 0.1) is 17.4 Å². The van der Waals surface area contributed by atoms with Gasteiger partial charge in [-0.15, -0.1) is 11.6 Å². The minimum absolute atomic E-state index is 0.132. The SMILES string of the molecule is O=C(CCCCl)c1ccc2nc[nH]c2c1. The van der Waals surface area contributed by atoms with E-state index in [-0.39, 0.29) is 5.78 Å². The number of H-pyrrole nitrogens is 1. The number of Topliss-reactive ketones (excluding diaryl/α,β-unsaturated/α-hetero) is 1. The summed E-state index contributed by atoms with van der Waals surface area (Å²) in [6, 6.07) is 5.48. The molecule has 4 heteroatoms. The summed E-state index contributed by atoms with van der Waals surface area (Å²) in [5, 5.41) is 0. The molecule has 0 aliphatic carbocycles. The van der Waals surface area contributed by atoms with Gasteiger partial charge in [-0.25, -0.2) is 4.98 Å². The molecule has 15 heavy (non-hydrogen) atoms. The van der Waals surface area contributed by atoms with Crippen molar-refractivity contribution in [3.05, 3.63) is 30.1 Å². The third-order valence-corrected chi connectivity index (χ3v) is 2.55. The van der Waals surface area contributed by atoms with Gasteiger partial charge in [0, 0.05) is 17.9 Å². The fourth-order valence-corrected chi connectivity index (χ4v) is 1.61. The number of imidazole rings is 1. The molecule has 0 fully saturated rings. The lowest BCUT2D eigenvalue weighted by atomic mass is 10.1. The molecule has 1 N–H and O–H groups in total. The largest absolute Gasteiger partial charge is 0.345 e. The molecule has 0 aliphatic heterocycles. The molecule has 0 atom stereocenters. The number of aromatic nitrogens is 2. The van der Waals surface area contributed by atoms with E-state index in [2.05, 4.69) is 9.97 Å². The summed E-state index contributed by atoms with van der Waals surface area (Å²) in [7, 11) is 0. The highest BCUT2D eigenvalue weighted by molar-refractivity contribution is 6.18. The summed E-state index contributed by atoms with van der Waals surface area (Å²) in [6.45, 7) is 0. The van der Waals surface area contributed by atoms with E-state index in [4.69, 9.17) is 11.6 Å². The van der Waals surface area contributed by atoms with Crippen LogP contribution in [-0.2, 0) is 0 Å². The van der Waals surface area contributed by atoms with Gasteiger partial charge in [-0.05, 0) is 24.6 Å². The number of nitrogens with one attached hydrogen (secondary N) is 1. The Morgan fingerprint density at radius 2 is 2.33 bits per heavy atom. The molecule has 1 aromatic heterocycles. The Balaban J connectivity index is 2.23. The van der Waals surface area contributed by atoms with Crippen molar-refractivity contribution in [3.8, 4) is 0 Å². The predicted octanol–water partition coefficient (Wildman–Crippen LogP) is 2.76. The average molecular weight is 223 g/mol. The zero-order chi connectivity index (χ0) is 10.7. The number of carbonyl (C=O) groups is 1. The maximum absolute atomic E-state index is 11.7. The first kappa shape index (κ1) is 10.2. The normalized spacial score (nSPS) is 10.7. The van der Waals surface area contributed by atoms with Crippen LogP contribution in [0.15, 0.2) is 24.5 Å². The van der Waals surface area contributed by atoms with Crippen molar-refractivity contribution in [3.63, 3.8) is 0 Å². The highest BCUT2D eigenvalue weighted by Gasteiger charge is 2.06. The topological polar surface area (TPSA) is 45.8 Å². The van der Waals surface area contributed by atoms with Crippen molar-refractivity contribution in [2.75, 3.05) is 5.88 Å². The zero-order valence-corrected chi connectivity index (χ0v) is 8.92. The van der Waals surface area contributed by atoms with E-state index in [0.29, 0.717) is 12.3 Å². The summed E-state index contributed by atoms with van der Waals surface area (Å²) in [4.78, 5) is 18.8. The highest BCUT2D eigenvalue weighted by atomic mass is 35.5. The number of benzene rings is 1. The van der Waals surface area contributed by atoms with E-state index in [1.807, 2.05) is 12.1 Å². The number of nitrogens with zero attached hydrogens (tertiary/aromatic N) is 1. The summed E-state index contributed by atoms with van der Waals surface area (Å²) >= 11 is 5.54.